The molecule has 4 aromatic rings. The number of hydrogen-bond donors (Lipinski definition) is 0. The van der Waals surface area contributed by atoms with Gasteiger partial charge in [-0.1, -0.05) is 50.6 Å². The first kappa shape index (κ1) is 26.3. The van der Waals surface area contributed by atoms with Crippen LogP contribution >= 0.6 is 0 Å². The highest BCUT2D eigenvalue weighted by Crippen LogP contribution is 2.31. The standard InChI is InChI=1S/C28H32N4O4S/c1-18-7-13-23(14-8-18)37(35,36)31(27(33)34)16-15-21-9-11-22(12-10-21)32-24-17-19(2)29-20(3)25(24)30-26(32)28(4,5)6/h7-14,17H,15-16H2,1-6H3,(H,33,34)/p-1. The molecule has 0 spiro atoms. The molecule has 194 valence electrons. The van der Waals surface area contributed by atoms with Crippen LogP contribution in [0.5, 0.6) is 0 Å². The molecule has 0 saturated carbocycles. The molecule has 0 radical (unpaired) electrons. The second-order valence-electron chi connectivity index (χ2n) is 10.3. The van der Waals surface area contributed by atoms with Crippen molar-refractivity contribution in [2.24, 2.45) is 0 Å². The van der Waals surface area contributed by atoms with E-state index in [1.807, 2.05) is 51.1 Å². The van der Waals surface area contributed by atoms with Gasteiger partial charge in [0.05, 0.1) is 16.1 Å². The monoisotopic (exact) mass is 519 g/mol. The SMILES string of the molecule is Cc1ccc(S(=O)(=O)N(CCc2ccc(-n3c(C(C)(C)C)nc4c(C)nc(C)cc43)cc2)C(=O)[O-])cc1. The van der Waals surface area contributed by atoms with Gasteiger partial charge < -0.3 is 9.90 Å². The number of benzene rings is 2. The molecule has 8 nitrogen and oxygen atoms in total. The zero-order valence-electron chi connectivity index (χ0n) is 21.9. The van der Waals surface area contributed by atoms with Crippen molar-refractivity contribution < 1.29 is 18.3 Å². The first-order chi connectivity index (χ1) is 17.3. The van der Waals surface area contributed by atoms with Crippen molar-refractivity contribution in [1.82, 2.24) is 18.8 Å². The number of rotatable bonds is 6. The van der Waals surface area contributed by atoms with Crippen LogP contribution in [0.1, 0.15) is 49.1 Å². The van der Waals surface area contributed by atoms with E-state index in [0.717, 1.165) is 45.1 Å². The van der Waals surface area contributed by atoms with Gasteiger partial charge in [0.15, 0.2) is 6.09 Å². The van der Waals surface area contributed by atoms with E-state index in [1.165, 1.54) is 12.1 Å². The minimum atomic E-state index is -4.23. The third-order valence-corrected chi connectivity index (χ3v) is 8.01. The average Bonchev–Trinajstić information content (AvgIpc) is 3.20. The molecule has 37 heavy (non-hydrogen) atoms. The maximum Gasteiger partial charge on any atom is 0.265 e. The summed E-state index contributed by atoms with van der Waals surface area (Å²) in [6, 6.07) is 15.7. The van der Waals surface area contributed by atoms with Crippen LogP contribution in [0.25, 0.3) is 16.7 Å². The maximum absolute atomic E-state index is 12.9. The lowest BCUT2D eigenvalue weighted by molar-refractivity contribution is -0.259. The molecule has 0 bridgehead atoms. The highest BCUT2D eigenvalue weighted by Gasteiger charge is 2.26. The summed E-state index contributed by atoms with van der Waals surface area (Å²) in [5, 5.41) is 11.7. The van der Waals surface area contributed by atoms with Gasteiger partial charge in [0.25, 0.3) is 10.0 Å². The van der Waals surface area contributed by atoms with Crippen LogP contribution < -0.4 is 5.11 Å². The van der Waals surface area contributed by atoms with E-state index in [1.54, 1.807) is 12.1 Å². The molecule has 0 aliphatic heterocycles. The van der Waals surface area contributed by atoms with E-state index in [-0.39, 0.29) is 23.3 Å². The Labute approximate surface area is 217 Å². The Kier molecular flexibility index (Phi) is 6.85. The lowest BCUT2D eigenvalue weighted by Gasteiger charge is -2.25. The molecule has 1 amide bonds. The molecule has 0 fully saturated rings. The largest absolute Gasteiger partial charge is 0.529 e. The Bertz CT molecular complexity index is 1570. The summed E-state index contributed by atoms with van der Waals surface area (Å²) in [6.45, 7) is 11.8. The van der Waals surface area contributed by atoms with Crippen LogP contribution in [-0.2, 0) is 21.9 Å². The molecule has 0 aliphatic rings. The predicted octanol–water partition coefficient (Wildman–Crippen LogP) is 4.22. The summed E-state index contributed by atoms with van der Waals surface area (Å²) in [5.41, 5.74) is 5.95. The second-order valence-corrected chi connectivity index (χ2v) is 12.2. The molecule has 0 atom stereocenters. The number of aromatic nitrogens is 3. The molecule has 9 heteroatoms. The number of imidazole rings is 1. The van der Waals surface area contributed by atoms with Gasteiger partial charge in [-0.25, -0.2) is 13.4 Å². The lowest BCUT2D eigenvalue weighted by atomic mass is 9.95. The van der Waals surface area contributed by atoms with Crippen LogP contribution in [0.2, 0.25) is 0 Å². The molecule has 2 aromatic heterocycles. The number of carboxylic acid groups (broad SMARTS) is 1. The van der Waals surface area contributed by atoms with Crippen LogP contribution in [0.15, 0.2) is 59.5 Å². The molecule has 0 N–H and O–H groups in total. The number of nitrogens with zero attached hydrogens (tertiary/aromatic N) is 4. The number of fused-ring (bicyclic) bond motifs is 1. The van der Waals surface area contributed by atoms with Crippen molar-refractivity contribution in [2.45, 2.75) is 58.3 Å². The minimum absolute atomic E-state index is 0.0839. The van der Waals surface area contributed by atoms with E-state index in [0.29, 0.717) is 4.31 Å². The minimum Gasteiger partial charge on any atom is -0.529 e. The Morgan fingerprint density at radius 1 is 0.973 bits per heavy atom. The Hall–Kier alpha value is -3.72. The Morgan fingerprint density at radius 2 is 1.59 bits per heavy atom. The number of aryl methyl sites for hydroxylation is 3. The van der Waals surface area contributed by atoms with E-state index >= 15 is 0 Å². The van der Waals surface area contributed by atoms with Crippen LogP contribution in [-0.4, -0.2) is 39.9 Å². The van der Waals surface area contributed by atoms with Gasteiger partial charge in [0, 0.05) is 23.3 Å². The van der Waals surface area contributed by atoms with Gasteiger partial charge in [0.2, 0.25) is 0 Å². The van der Waals surface area contributed by atoms with Gasteiger partial charge in [-0.3, -0.25) is 13.9 Å². The summed E-state index contributed by atoms with van der Waals surface area (Å²) in [7, 11) is -4.23. The van der Waals surface area contributed by atoms with Crippen molar-refractivity contribution in [2.75, 3.05) is 6.54 Å². The van der Waals surface area contributed by atoms with Crippen molar-refractivity contribution in [3.63, 3.8) is 0 Å². The van der Waals surface area contributed by atoms with Crippen molar-refractivity contribution in [3.05, 3.63) is 82.9 Å². The first-order valence-electron chi connectivity index (χ1n) is 12.1. The molecular weight excluding hydrogens is 488 g/mol. The quantitative estimate of drug-likeness (QED) is 0.377. The highest BCUT2D eigenvalue weighted by atomic mass is 32.2. The summed E-state index contributed by atoms with van der Waals surface area (Å²) >= 11 is 0. The summed E-state index contributed by atoms with van der Waals surface area (Å²) in [4.78, 5) is 21.1. The van der Waals surface area contributed by atoms with Crippen molar-refractivity contribution >= 4 is 27.1 Å². The van der Waals surface area contributed by atoms with E-state index < -0.39 is 16.1 Å². The van der Waals surface area contributed by atoms with Gasteiger partial charge in [-0.2, -0.15) is 0 Å². The van der Waals surface area contributed by atoms with E-state index in [9.17, 15) is 18.3 Å². The van der Waals surface area contributed by atoms with Crippen LogP contribution in [0.3, 0.4) is 0 Å². The first-order valence-corrected chi connectivity index (χ1v) is 13.5. The lowest BCUT2D eigenvalue weighted by Crippen LogP contribution is -2.45. The topological polar surface area (TPSA) is 108 Å². The van der Waals surface area contributed by atoms with Gasteiger partial charge in [-0.05, 0) is 63.1 Å². The molecule has 0 unspecified atom stereocenters. The van der Waals surface area contributed by atoms with E-state index in [2.05, 4.69) is 30.3 Å². The zero-order valence-corrected chi connectivity index (χ0v) is 22.8. The number of carbonyl (C=O) groups is 1. The third kappa shape index (κ3) is 5.22. The number of sulfonamides is 1. The van der Waals surface area contributed by atoms with Gasteiger partial charge in [0.1, 0.15) is 11.3 Å². The molecule has 2 heterocycles. The summed E-state index contributed by atoms with van der Waals surface area (Å²) in [5.74, 6) is 0.901. The number of pyridine rings is 1. The smallest absolute Gasteiger partial charge is 0.265 e. The fourth-order valence-electron chi connectivity index (χ4n) is 4.33. The fourth-order valence-corrected chi connectivity index (χ4v) is 5.60. The average molecular weight is 520 g/mol. The number of amides is 1. The zero-order chi connectivity index (χ0) is 27.1. The second kappa shape index (κ2) is 9.63. The van der Waals surface area contributed by atoms with E-state index in [4.69, 9.17) is 4.98 Å². The predicted molar refractivity (Wildman–Crippen MR) is 141 cm³/mol. The highest BCUT2D eigenvalue weighted by molar-refractivity contribution is 7.89. The molecule has 2 aromatic carbocycles. The molecular formula is C28H31N4O4S-. The van der Waals surface area contributed by atoms with Gasteiger partial charge >= 0.3 is 0 Å². The maximum atomic E-state index is 12.9. The van der Waals surface area contributed by atoms with Crippen LogP contribution in [0, 0.1) is 20.8 Å². The molecule has 0 aliphatic carbocycles. The van der Waals surface area contributed by atoms with Gasteiger partial charge in [-0.15, -0.1) is 0 Å². The van der Waals surface area contributed by atoms with Crippen molar-refractivity contribution in [3.8, 4) is 5.69 Å². The van der Waals surface area contributed by atoms with Crippen LogP contribution in [0.4, 0.5) is 4.79 Å². The number of hydrogen-bond acceptors (Lipinski definition) is 6. The fraction of sp³-hybridized carbons (Fsp3) is 0.321. The number of carbonyl (C=O) groups excluding carboxylic acids is 1. The normalized spacial score (nSPS) is 12.2. The van der Waals surface area contributed by atoms with Crippen molar-refractivity contribution in [1.29, 1.82) is 0 Å². The molecule has 4 rings (SSSR count). The summed E-state index contributed by atoms with van der Waals surface area (Å²) < 4.78 is 28.3. The molecule has 0 saturated heterocycles. The third-order valence-electron chi connectivity index (χ3n) is 6.23. The summed E-state index contributed by atoms with van der Waals surface area (Å²) in [6.07, 6.45) is -1.55. The Morgan fingerprint density at radius 3 is 2.16 bits per heavy atom. The Balaban J connectivity index is 1.64.